The van der Waals surface area contributed by atoms with Crippen LogP contribution in [0, 0.1) is 12.8 Å². The standard InChI is InChI=1S/C31H34N2O3/c1-3-28(30(34)32-20-22-9-5-4-6-10-22)36-26-15-14-23-16-17-33(31(35)24-12-13-24)29(27(23)19-26)25-11-7-8-21(2)18-25/h4-11,14-15,18-19,24,28-29H,3,12-13,16-17,20H2,1-2H3,(H,32,34). The molecule has 1 N–H and O–H groups in total. The molecule has 0 radical (unpaired) electrons. The van der Waals surface area contributed by atoms with Gasteiger partial charge in [0.15, 0.2) is 6.10 Å². The van der Waals surface area contributed by atoms with E-state index in [1.165, 1.54) is 11.1 Å². The van der Waals surface area contributed by atoms with Gasteiger partial charge in [0, 0.05) is 19.0 Å². The van der Waals surface area contributed by atoms with Gasteiger partial charge in [-0.25, -0.2) is 0 Å². The first-order chi connectivity index (χ1) is 17.5. The number of hydrogen-bond acceptors (Lipinski definition) is 3. The molecular formula is C31H34N2O3. The number of ether oxygens (including phenoxy) is 1. The lowest BCUT2D eigenvalue weighted by Gasteiger charge is -2.38. The van der Waals surface area contributed by atoms with Crippen molar-refractivity contribution in [2.75, 3.05) is 6.54 Å². The Kier molecular flexibility index (Phi) is 7.08. The maximum absolute atomic E-state index is 13.3. The molecule has 0 bridgehead atoms. The second-order valence-corrected chi connectivity index (χ2v) is 9.95. The number of amides is 2. The van der Waals surface area contributed by atoms with E-state index in [0.717, 1.165) is 42.5 Å². The highest BCUT2D eigenvalue weighted by atomic mass is 16.5. The predicted octanol–water partition coefficient (Wildman–Crippen LogP) is 5.35. The Hall–Kier alpha value is -3.60. The zero-order valence-corrected chi connectivity index (χ0v) is 21.1. The van der Waals surface area contributed by atoms with Gasteiger partial charge >= 0.3 is 0 Å². The Morgan fingerprint density at radius 2 is 1.83 bits per heavy atom. The number of hydrogen-bond donors (Lipinski definition) is 1. The van der Waals surface area contributed by atoms with Crippen LogP contribution in [0.1, 0.15) is 60.0 Å². The van der Waals surface area contributed by atoms with Crippen LogP contribution in [0.25, 0.3) is 0 Å². The summed E-state index contributed by atoms with van der Waals surface area (Å²) in [6.07, 6.45) is 2.78. The molecule has 1 aliphatic carbocycles. The Balaban J connectivity index is 1.39. The molecular weight excluding hydrogens is 448 g/mol. The van der Waals surface area contributed by atoms with Gasteiger partial charge in [0.2, 0.25) is 5.91 Å². The average molecular weight is 483 g/mol. The van der Waals surface area contributed by atoms with Gasteiger partial charge in [0.1, 0.15) is 5.75 Å². The van der Waals surface area contributed by atoms with Gasteiger partial charge in [-0.2, -0.15) is 0 Å². The molecule has 5 heteroatoms. The van der Waals surface area contributed by atoms with Crippen LogP contribution >= 0.6 is 0 Å². The maximum Gasteiger partial charge on any atom is 0.261 e. The van der Waals surface area contributed by atoms with Crippen LogP contribution < -0.4 is 10.1 Å². The number of nitrogens with one attached hydrogen (secondary N) is 1. The van der Waals surface area contributed by atoms with Gasteiger partial charge < -0.3 is 15.0 Å². The minimum absolute atomic E-state index is 0.125. The molecule has 1 saturated carbocycles. The zero-order chi connectivity index (χ0) is 25.1. The molecule has 5 rings (SSSR count). The van der Waals surface area contributed by atoms with Crippen LogP contribution in [0.15, 0.2) is 72.8 Å². The second kappa shape index (κ2) is 10.6. The molecule has 186 valence electrons. The van der Waals surface area contributed by atoms with Crippen LogP contribution in [-0.2, 0) is 22.6 Å². The first-order valence-electron chi connectivity index (χ1n) is 13.0. The fourth-order valence-electron chi connectivity index (χ4n) is 5.05. The summed E-state index contributed by atoms with van der Waals surface area (Å²) in [6, 6.07) is 24.3. The van der Waals surface area contributed by atoms with Gasteiger partial charge in [0.05, 0.1) is 6.04 Å². The normalized spacial score (nSPS) is 17.7. The number of carbonyl (C=O) groups excluding carboxylic acids is 2. The lowest BCUT2D eigenvalue weighted by molar-refractivity contribution is -0.134. The largest absolute Gasteiger partial charge is 0.481 e. The Bertz CT molecular complexity index is 1240. The van der Waals surface area contributed by atoms with Crippen molar-refractivity contribution in [1.82, 2.24) is 10.2 Å². The van der Waals surface area contributed by atoms with E-state index >= 15 is 0 Å². The average Bonchev–Trinajstić information content (AvgIpc) is 3.75. The lowest BCUT2D eigenvalue weighted by Crippen LogP contribution is -2.41. The number of aryl methyl sites for hydroxylation is 1. The molecule has 2 unspecified atom stereocenters. The third kappa shape index (κ3) is 5.30. The van der Waals surface area contributed by atoms with Gasteiger partial charge in [-0.15, -0.1) is 0 Å². The lowest BCUT2D eigenvalue weighted by atomic mass is 9.87. The summed E-state index contributed by atoms with van der Waals surface area (Å²) in [5.74, 6) is 0.954. The third-order valence-corrected chi connectivity index (χ3v) is 7.16. The first-order valence-corrected chi connectivity index (χ1v) is 13.0. The predicted molar refractivity (Wildman–Crippen MR) is 141 cm³/mol. The van der Waals surface area contributed by atoms with E-state index in [0.29, 0.717) is 18.7 Å². The summed E-state index contributed by atoms with van der Waals surface area (Å²) in [5, 5.41) is 3.00. The Morgan fingerprint density at radius 3 is 2.56 bits per heavy atom. The van der Waals surface area contributed by atoms with E-state index in [1.54, 1.807) is 0 Å². The van der Waals surface area contributed by atoms with Crippen molar-refractivity contribution in [2.24, 2.45) is 5.92 Å². The molecule has 3 aromatic carbocycles. The summed E-state index contributed by atoms with van der Waals surface area (Å²) in [6.45, 7) is 5.23. The molecule has 2 amide bonds. The highest BCUT2D eigenvalue weighted by Crippen LogP contribution is 2.41. The van der Waals surface area contributed by atoms with E-state index in [-0.39, 0.29) is 23.8 Å². The summed E-state index contributed by atoms with van der Waals surface area (Å²) < 4.78 is 6.23. The Labute approximate surface area is 213 Å². The first kappa shape index (κ1) is 24.1. The molecule has 3 aromatic rings. The third-order valence-electron chi connectivity index (χ3n) is 7.16. The van der Waals surface area contributed by atoms with Crippen molar-refractivity contribution in [3.8, 4) is 5.75 Å². The van der Waals surface area contributed by atoms with Crippen LogP contribution in [-0.4, -0.2) is 29.4 Å². The van der Waals surface area contributed by atoms with Crippen molar-refractivity contribution >= 4 is 11.8 Å². The summed E-state index contributed by atoms with van der Waals surface area (Å²) >= 11 is 0. The molecule has 0 saturated heterocycles. The van der Waals surface area contributed by atoms with E-state index in [4.69, 9.17) is 4.74 Å². The van der Waals surface area contributed by atoms with E-state index in [1.807, 2.05) is 49.4 Å². The second-order valence-electron chi connectivity index (χ2n) is 9.95. The van der Waals surface area contributed by atoms with Crippen molar-refractivity contribution < 1.29 is 14.3 Å². The van der Waals surface area contributed by atoms with Gasteiger partial charge in [-0.3, -0.25) is 9.59 Å². The highest BCUT2D eigenvalue weighted by Gasteiger charge is 2.39. The molecule has 1 aliphatic heterocycles. The number of fused-ring (bicyclic) bond motifs is 1. The van der Waals surface area contributed by atoms with Crippen LogP contribution in [0.4, 0.5) is 0 Å². The van der Waals surface area contributed by atoms with Crippen molar-refractivity contribution in [2.45, 2.75) is 58.2 Å². The topological polar surface area (TPSA) is 58.6 Å². The molecule has 2 atom stereocenters. The molecule has 5 nitrogen and oxygen atoms in total. The van der Waals surface area contributed by atoms with Crippen molar-refractivity contribution in [1.29, 1.82) is 0 Å². The molecule has 1 fully saturated rings. The SMILES string of the molecule is CCC(Oc1ccc2c(c1)C(c1cccc(C)c1)N(C(=O)C1CC1)CC2)C(=O)NCc1ccccc1. The fraction of sp³-hybridized carbons (Fsp3) is 0.355. The maximum atomic E-state index is 13.3. The van der Waals surface area contributed by atoms with Crippen LogP contribution in [0.5, 0.6) is 5.75 Å². The zero-order valence-electron chi connectivity index (χ0n) is 21.1. The molecule has 36 heavy (non-hydrogen) atoms. The molecule has 2 aliphatic rings. The van der Waals surface area contributed by atoms with E-state index < -0.39 is 6.10 Å². The fourth-order valence-corrected chi connectivity index (χ4v) is 5.05. The number of rotatable bonds is 8. The molecule has 0 aromatic heterocycles. The smallest absolute Gasteiger partial charge is 0.261 e. The monoisotopic (exact) mass is 482 g/mol. The number of nitrogens with zero attached hydrogens (tertiary/aromatic N) is 1. The number of benzene rings is 3. The summed E-state index contributed by atoms with van der Waals surface area (Å²) in [7, 11) is 0. The summed E-state index contributed by atoms with van der Waals surface area (Å²) in [5.41, 5.74) is 5.67. The summed E-state index contributed by atoms with van der Waals surface area (Å²) in [4.78, 5) is 28.2. The van der Waals surface area contributed by atoms with Gasteiger partial charge in [-0.1, -0.05) is 73.2 Å². The Morgan fingerprint density at radius 1 is 1.03 bits per heavy atom. The molecule has 0 spiro atoms. The van der Waals surface area contributed by atoms with Crippen molar-refractivity contribution in [3.05, 3.63) is 101 Å². The highest BCUT2D eigenvalue weighted by molar-refractivity contribution is 5.82. The van der Waals surface area contributed by atoms with Crippen LogP contribution in [0.3, 0.4) is 0 Å². The minimum Gasteiger partial charge on any atom is -0.481 e. The van der Waals surface area contributed by atoms with Gasteiger partial charge in [0.25, 0.3) is 5.91 Å². The quantitative estimate of drug-likeness (QED) is 0.471. The number of carbonyl (C=O) groups is 2. The van der Waals surface area contributed by atoms with E-state index in [2.05, 4.69) is 47.5 Å². The van der Waals surface area contributed by atoms with Gasteiger partial charge in [-0.05, 0) is 67.0 Å². The van der Waals surface area contributed by atoms with Crippen LogP contribution in [0.2, 0.25) is 0 Å². The van der Waals surface area contributed by atoms with Crippen molar-refractivity contribution in [3.63, 3.8) is 0 Å². The minimum atomic E-state index is -0.586. The molecule has 1 heterocycles. The van der Waals surface area contributed by atoms with E-state index in [9.17, 15) is 9.59 Å².